The van der Waals surface area contributed by atoms with Crippen LogP contribution in [-0.4, -0.2) is 18.6 Å². The number of alkyl halides is 3. The maximum absolute atomic E-state index is 12.5. The maximum Gasteiger partial charge on any atom is 0.400 e. The highest BCUT2D eigenvalue weighted by atomic mass is 79.9. The summed E-state index contributed by atoms with van der Waals surface area (Å²) in [5, 5.41) is 6.90. The van der Waals surface area contributed by atoms with Gasteiger partial charge in [0.1, 0.15) is 11.8 Å². The van der Waals surface area contributed by atoms with Gasteiger partial charge >= 0.3 is 6.18 Å². The Morgan fingerprint density at radius 2 is 2.00 bits per heavy atom. The van der Waals surface area contributed by atoms with Crippen LogP contribution >= 0.6 is 15.9 Å². The van der Waals surface area contributed by atoms with E-state index in [1.54, 1.807) is 24.3 Å². The van der Waals surface area contributed by atoms with Crippen molar-refractivity contribution in [3.63, 3.8) is 0 Å². The van der Waals surface area contributed by atoms with Gasteiger partial charge in [-0.1, -0.05) is 34.1 Å². The Bertz CT molecular complexity index is 423. The number of hydrogen-bond acceptors (Lipinski definition) is 2. The molecule has 0 amide bonds. The van der Waals surface area contributed by atoms with Gasteiger partial charge in [-0.15, -0.1) is 0 Å². The highest BCUT2D eigenvalue weighted by Gasteiger charge is 2.42. The fourth-order valence-electron chi connectivity index (χ4n) is 1.26. The number of benzene rings is 1. The van der Waals surface area contributed by atoms with E-state index in [0.29, 0.717) is 0 Å². The van der Waals surface area contributed by atoms with Gasteiger partial charge < -0.3 is 10.5 Å². The summed E-state index contributed by atoms with van der Waals surface area (Å²) in [5.41, 5.74) is 5.64. The fourth-order valence-corrected chi connectivity index (χ4v) is 1.66. The van der Waals surface area contributed by atoms with Crippen LogP contribution in [0, 0.1) is 11.3 Å². The highest BCUT2D eigenvalue weighted by Crippen LogP contribution is 2.27. The third-order valence-electron chi connectivity index (χ3n) is 2.27. The molecule has 0 aliphatic heterocycles. The third-order valence-corrected chi connectivity index (χ3v) is 3.04. The van der Waals surface area contributed by atoms with Gasteiger partial charge in [0, 0.05) is 4.47 Å². The van der Waals surface area contributed by atoms with E-state index in [2.05, 4.69) is 15.9 Å². The first-order valence-electron chi connectivity index (χ1n) is 5.04. The average molecular weight is 325 g/mol. The van der Waals surface area contributed by atoms with Gasteiger partial charge in [0.15, 0.2) is 0 Å². The highest BCUT2D eigenvalue weighted by molar-refractivity contribution is 9.10. The van der Waals surface area contributed by atoms with E-state index in [-0.39, 0.29) is 6.61 Å². The lowest BCUT2D eigenvalue weighted by molar-refractivity contribution is -0.169. The monoisotopic (exact) mass is 324 g/mol. The molecule has 3 N–H and O–H groups in total. The Morgan fingerprint density at radius 1 is 1.39 bits per heavy atom. The van der Waals surface area contributed by atoms with Gasteiger partial charge in [-0.05, 0) is 11.6 Å². The number of amidine groups is 1. The zero-order valence-corrected chi connectivity index (χ0v) is 10.9. The van der Waals surface area contributed by atoms with Crippen LogP contribution < -0.4 is 5.73 Å². The third kappa shape index (κ3) is 4.30. The lowest BCUT2D eigenvalue weighted by Gasteiger charge is -2.18. The normalized spacial score (nSPS) is 13.3. The summed E-state index contributed by atoms with van der Waals surface area (Å²) in [4.78, 5) is 0. The topological polar surface area (TPSA) is 59.1 Å². The number of halogens is 4. The lowest BCUT2D eigenvalue weighted by Crippen LogP contribution is -2.38. The van der Waals surface area contributed by atoms with Crippen molar-refractivity contribution in [3.8, 4) is 0 Å². The van der Waals surface area contributed by atoms with Crippen LogP contribution in [0.4, 0.5) is 13.2 Å². The van der Waals surface area contributed by atoms with E-state index < -0.39 is 24.5 Å². The van der Waals surface area contributed by atoms with Crippen LogP contribution in [-0.2, 0) is 11.3 Å². The van der Waals surface area contributed by atoms with Crippen LogP contribution in [0.3, 0.4) is 0 Å². The number of rotatable bonds is 5. The molecule has 0 aromatic heterocycles. The SMILES string of the molecule is N=C(N)C(COCc1ccccc1Br)C(F)(F)F. The summed E-state index contributed by atoms with van der Waals surface area (Å²) in [6, 6.07) is 7.06. The molecular weight excluding hydrogens is 313 g/mol. The Balaban J connectivity index is 2.55. The van der Waals surface area contributed by atoms with Crippen molar-refractivity contribution >= 4 is 21.8 Å². The molecule has 1 aromatic carbocycles. The first-order chi connectivity index (χ1) is 8.32. The van der Waals surface area contributed by atoms with Crippen molar-refractivity contribution in [3.05, 3.63) is 34.3 Å². The minimum Gasteiger partial charge on any atom is -0.387 e. The van der Waals surface area contributed by atoms with Gasteiger partial charge in [-0.3, -0.25) is 5.41 Å². The maximum atomic E-state index is 12.5. The predicted molar refractivity (Wildman–Crippen MR) is 65.3 cm³/mol. The molecule has 1 aromatic rings. The Morgan fingerprint density at radius 3 is 2.50 bits per heavy atom. The van der Waals surface area contributed by atoms with Crippen molar-refractivity contribution in [2.45, 2.75) is 12.8 Å². The molecule has 0 heterocycles. The van der Waals surface area contributed by atoms with Gasteiger partial charge in [0.2, 0.25) is 0 Å². The summed E-state index contributed by atoms with van der Waals surface area (Å²) in [7, 11) is 0. The van der Waals surface area contributed by atoms with Crippen molar-refractivity contribution in [1.82, 2.24) is 0 Å². The molecule has 0 saturated heterocycles. The molecule has 100 valence electrons. The summed E-state index contributed by atoms with van der Waals surface area (Å²) < 4.78 is 43.1. The number of hydrogen-bond donors (Lipinski definition) is 2. The standard InChI is InChI=1S/C11H12BrF3N2O/c12-9-4-2-1-3-7(9)5-18-6-8(10(16)17)11(13,14)15/h1-4,8H,5-6H2,(H3,16,17). The molecule has 1 unspecified atom stereocenters. The molecule has 0 radical (unpaired) electrons. The average Bonchev–Trinajstić information content (AvgIpc) is 2.24. The first-order valence-corrected chi connectivity index (χ1v) is 5.83. The molecule has 0 spiro atoms. The molecular formula is C11H12BrF3N2O. The Hall–Kier alpha value is -1.08. The second-order valence-electron chi connectivity index (χ2n) is 3.66. The molecule has 7 heteroatoms. The fraction of sp³-hybridized carbons (Fsp3) is 0.364. The van der Waals surface area contributed by atoms with Crippen LogP contribution in [0.2, 0.25) is 0 Å². The van der Waals surface area contributed by atoms with Crippen LogP contribution in [0.5, 0.6) is 0 Å². The second-order valence-corrected chi connectivity index (χ2v) is 4.51. The van der Waals surface area contributed by atoms with E-state index in [9.17, 15) is 13.2 Å². The van der Waals surface area contributed by atoms with Crippen molar-refractivity contribution < 1.29 is 17.9 Å². The van der Waals surface area contributed by atoms with Crippen LogP contribution in [0.1, 0.15) is 5.56 Å². The number of nitrogens with one attached hydrogen (secondary N) is 1. The smallest absolute Gasteiger partial charge is 0.387 e. The molecule has 1 rings (SSSR count). The van der Waals surface area contributed by atoms with Crippen molar-refractivity contribution in [2.75, 3.05) is 6.61 Å². The Kier molecular flexibility index (Phi) is 5.15. The van der Waals surface area contributed by atoms with Gasteiger partial charge in [-0.25, -0.2) is 0 Å². The molecule has 0 saturated carbocycles. The minimum absolute atomic E-state index is 0.0291. The van der Waals surface area contributed by atoms with E-state index in [0.717, 1.165) is 10.0 Å². The quantitative estimate of drug-likeness (QED) is 0.646. The van der Waals surface area contributed by atoms with E-state index >= 15 is 0 Å². The molecule has 18 heavy (non-hydrogen) atoms. The number of nitrogens with two attached hydrogens (primary N) is 1. The van der Waals surface area contributed by atoms with E-state index in [1.165, 1.54) is 0 Å². The van der Waals surface area contributed by atoms with Gasteiger partial charge in [0.05, 0.1) is 13.2 Å². The minimum atomic E-state index is -4.56. The summed E-state index contributed by atoms with van der Waals surface area (Å²) in [5.74, 6) is -2.99. The molecule has 0 fully saturated rings. The summed E-state index contributed by atoms with van der Waals surface area (Å²) in [6.07, 6.45) is -4.56. The van der Waals surface area contributed by atoms with Crippen molar-refractivity contribution in [1.29, 1.82) is 5.41 Å². The summed E-state index contributed by atoms with van der Waals surface area (Å²) in [6.45, 7) is -0.624. The second kappa shape index (κ2) is 6.19. The molecule has 0 aliphatic carbocycles. The first kappa shape index (κ1) is 15.0. The summed E-state index contributed by atoms with van der Waals surface area (Å²) >= 11 is 3.26. The van der Waals surface area contributed by atoms with Crippen LogP contribution in [0.15, 0.2) is 28.7 Å². The van der Waals surface area contributed by atoms with Gasteiger partial charge in [-0.2, -0.15) is 13.2 Å². The number of ether oxygens (including phenoxy) is 1. The molecule has 1 atom stereocenters. The molecule has 0 aliphatic rings. The van der Waals surface area contributed by atoms with Crippen LogP contribution in [0.25, 0.3) is 0 Å². The molecule has 3 nitrogen and oxygen atoms in total. The zero-order chi connectivity index (χ0) is 13.8. The molecule has 0 bridgehead atoms. The largest absolute Gasteiger partial charge is 0.400 e. The zero-order valence-electron chi connectivity index (χ0n) is 9.30. The van der Waals surface area contributed by atoms with E-state index in [1.807, 2.05) is 0 Å². The van der Waals surface area contributed by atoms with Gasteiger partial charge in [0.25, 0.3) is 0 Å². The Labute approximate surface area is 111 Å². The van der Waals surface area contributed by atoms with E-state index in [4.69, 9.17) is 15.9 Å². The predicted octanol–water partition coefficient (Wildman–Crippen LogP) is 3.08. The lowest BCUT2D eigenvalue weighted by atomic mass is 10.1. The van der Waals surface area contributed by atoms with Crippen molar-refractivity contribution in [2.24, 2.45) is 11.7 Å².